The first-order valence-electron chi connectivity index (χ1n) is 18.3. The van der Waals surface area contributed by atoms with Crippen molar-refractivity contribution in [2.75, 3.05) is 27.1 Å². The van der Waals surface area contributed by atoms with Crippen molar-refractivity contribution in [1.29, 1.82) is 0 Å². The van der Waals surface area contributed by atoms with E-state index < -0.39 is 116 Å². The van der Waals surface area contributed by atoms with Gasteiger partial charge in [-0.3, -0.25) is 4.90 Å². The topological polar surface area (TPSA) is 41.9 Å². The monoisotopic (exact) mass is 356 g/mol. The lowest BCUT2D eigenvalue weighted by Crippen LogP contribution is -2.48. The number of hydrogen-bond donors (Lipinski definition) is 1. The van der Waals surface area contributed by atoms with Gasteiger partial charge < -0.3 is 14.6 Å². The molecule has 2 aliphatic heterocycles. The molecule has 1 N–H and O–H groups in total. The molecule has 24 heavy (non-hydrogen) atoms. The summed E-state index contributed by atoms with van der Waals surface area (Å²) < 4.78 is 203. The minimum absolute atomic E-state index is 0.301. The van der Waals surface area contributed by atoms with Crippen LogP contribution in [0.5, 0.6) is 11.5 Å². The number of rotatable bonds is 3. The normalized spacial score (nSPS) is 58.1. The average molecular weight is 357 g/mol. The minimum atomic E-state index is -4.47. The molecule has 0 aliphatic carbocycles. The van der Waals surface area contributed by atoms with Gasteiger partial charge in [-0.1, -0.05) is 20.6 Å². The van der Waals surface area contributed by atoms with E-state index in [9.17, 15) is 6.48 Å². The smallest absolute Gasteiger partial charge is 0.161 e. The lowest BCUT2D eigenvalue weighted by molar-refractivity contribution is -0.0259. The number of methoxy groups -OCH3 is 2. The Morgan fingerprint density at radius 2 is 2.29 bits per heavy atom. The molecule has 0 radical (unpaired) electrons. The van der Waals surface area contributed by atoms with Crippen LogP contribution in [0.25, 0.3) is 0 Å². The van der Waals surface area contributed by atoms with Crippen LogP contribution < -0.4 is 9.47 Å². The van der Waals surface area contributed by atoms with Crippen LogP contribution in [0.15, 0.2) is 12.1 Å². The van der Waals surface area contributed by atoms with Gasteiger partial charge in [0.15, 0.2) is 11.5 Å². The molecule has 2 aliphatic rings. The molecule has 1 aromatic rings. The van der Waals surface area contributed by atoms with E-state index in [1.54, 1.807) is 0 Å². The molecule has 134 valence electrons. The van der Waals surface area contributed by atoms with Gasteiger partial charge in [0.25, 0.3) is 0 Å². The maximum atomic E-state index is 11.6. The molecule has 1 aromatic carbocycles. The molecule has 2 heterocycles. The van der Waals surface area contributed by atoms with Crippen molar-refractivity contribution in [1.82, 2.24) is 4.90 Å². The van der Waals surface area contributed by atoms with Gasteiger partial charge >= 0.3 is 0 Å². The van der Waals surface area contributed by atoms with Gasteiger partial charge in [-0.15, -0.1) is 0 Å². The van der Waals surface area contributed by atoms with Gasteiger partial charge in [0.1, 0.15) is 0 Å². The van der Waals surface area contributed by atoms with Crippen molar-refractivity contribution in [3.63, 3.8) is 0 Å². The highest BCUT2D eigenvalue weighted by atomic mass is 16.5. The molecule has 3 atom stereocenters. The fourth-order valence-electron chi connectivity index (χ4n) is 2.22. The lowest BCUT2D eigenvalue weighted by atomic mass is 9.75. The summed E-state index contributed by atoms with van der Waals surface area (Å²) >= 11 is 0. The molecule has 3 unspecified atom stereocenters. The minimum Gasteiger partial charge on any atom is -0.493 e. The number of nitrogens with zero attached hydrogens (tertiary/aromatic N) is 1. The van der Waals surface area contributed by atoms with Gasteiger partial charge in [0.2, 0.25) is 0 Å². The molecule has 1 saturated heterocycles. The lowest BCUT2D eigenvalue weighted by Gasteiger charge is -2.47. The Morgan fingerprint density at radius 3 is 3.00 bits per heavy atom. The highest BCUT2D eigenvalue weighted by Crippen LogP contribution is 2.44. The predicted molar refractivity (Wildman–Crippen MR) is 95.7 cm³/mol. The second-order valence-electron chi connectivity index (χ2n) is 5.23. The number of piperidine rings is 1. The first kappa shape index (κ1) is 4.72. The molecule has 3 rings (SSSR count). The van der Waals surface area contributed by atoms with Crippen LogP contribution in [0.3, 0.4) is 0 Å². The van der Waals surface area contributed by atoms with E-state index in [2.05, 4.69) is 0 Å². The van der Waals surface area contributed by atoms with Crippen LogP contribution >= 0.6 is 0 Å². The SMILES string of the molecule is [2H]c1c(OC)c(OC([2H])([2H])[2H])c([2H])c2c1C([2H])([2H])C([2H])([2H])N1C([2H])([2H])C(C([2H])([2H])C(C)(C([2H])([2H])[2H])C([2H])([2H])[2H])C([2H])(O)C([2H])([2H])C21[2H]. The summed E-state index contributed by atoms with van der Waals surface area (Å²) in [4.78, 5) is -0.622. The largest absolute Gasteiger partial charge is 0.493 e. The van der Waals surface area contributed by atoms with Crippen molar-refractivity contribution < 1.29 is 46.1 Å². The Labute approximate surface area is 178 Å². The fraction of sp³-hybridized carbons (Fsp3) is 0.700. The van der Waals surface area contributed by atoms with E-state index in [0.29, 0.717) is 6.92 Å². The van der Waals surface area contributed by atoms with Gasteiger partial charge in [0.05, 0.1) is 29.8 Å². The molecule has 0 amide bonds. The Morgan fingerprint density at radius 1 is 1.50 bits per heavy atom. The van der Waals surface area contributed by atoms with Gasteiger partial charge in [-0.25, -0.2) is 0 Å². The van der Waals surface area contributed by atoms with Crippen LogP contribution in [0.4, 0.5) is 0 Å². The van der Waals surface area contributed by atoms with Crippen LogP contribution in [0.1, 0.15) is 82.0 Å². The van der Waals surface area contributed by atoms with E-state index in [0.717, 1.165) is 7.11 Å². The summed E-state index contributed by atoms with van der Waals surface area (Å²) in [6.45, 7) is -15.9. The number of benzene rings is 1. The highest BCUT2D eigenvalue weighted by Gasteiger charge is 2.39. The van der Waals surface area contributed by atoms with E-state index >= 15 is 0 Å². The molecule has 0 spiro atoms. The zero-order chi connectivity index (χ0) is 37.5. The number of fused-ring (bicyclic) bond motifs is 3. The summed E-state index contributed by atoms with van der Waals surface area (Å²) in [5.41, 5.74) is -6.64. The number of aliphatic hydroxyl groups is 1. The quantitative estimate of drug-likeness (QED) is 0.901. The van der Waals surface area contributed by atoms with E-state index in [1.165, 1.54) is 0 Å². The third-order valence-corrected chi connectivity index (χ3v) is 3.20. The Balaban J connectivity index is 2.69. The van der Waals surface area contributed by atoms with Crippen LogP contribution in [0, 0.1) is 11.3 Å². The fourth-order valence-corrected chi connectivity index (χ4v) is 2.22. The molecule has 0 aromatic heterocycles. The standard InChI is InChI=1S/C20H31NO3/c1-20(2,3)11-14-12-21-7-6-13-8-18(23-4)19(24-5)9-15(13)16(21)10-17(14)22/h8-9,14,16-17,22H,6-7,10-12H2,1-5H3/i1D3,2D3,5D3,6D2,7D2,8D,9D,10D2,11D2,12D2,16D,17D. The van der Waals surface area contributed by atoms with E-state index in [4.69, 9.17) is 39.6 Å². The summed E-state index contributed by atoms with van der Waals surface area (Å²) in [5.74, 6) is -5.82. The van der Waals surface area contributed by atoms with Crippen molar-refractivity contribution in [2.24, 2.45) is 11.3 Å². The summed E-state index contributed by atoms with van der Waals surface area (Å²) in [6, 6.07) is -6.88. The first-order chi connectivity index (χ1) is 20.3. The summed E-state index contributed by atoms with van der Waals surface area (Å²) in [7, 11) is -2.63. The maximum Gasteiger partial charge on any atom is 0.161 e. The van der Waals surface area contributed by atoms with Crippen molar-refractivity contribution in [3.8, 4) is 11.5 Å². The number of ether oxygens (including phenoxy) is 2. The van der Waals surface area contributed by atoms with Crippen molar-refractivity contribution in [3.05, 3.63) is 23.2 Å². The molecule has 0 bridgehead atoms. The maximum absolute atomic E-state index is 11.6. The summed E-state index contributed by atoms with van der Waals surface area (Å²) in [6.07, 6.45) is -16.9. The second kappa shape index (κ2) is 6.57. The Bertz CT molecular complexity index is 1430. The Kier molecular flexibility index (Phi) is 1.29. The molecule has 4 nitrogen and oxygen atoms in total. The predicted octanol–water partition coefficient (Wildman–Crippen LogP) is 3.42. The van der Waals surface area contributed by atoms with Crippen LogP contribution in [0.2, 0.25) is 0 Å². The molecule has 4 heteroatoms. The average Bonchev–Trinajstić information content (AvgIpc) is 2.80. The van der Waals surface area contributed by atoms with Crippen LogP contribution in [-0.4, -0.2) is 43.2 Å². The summed E-state index contributed by atoms with van der Waals surface area (Å²) in [5, 5.41) is 11.6. The first-order valence-corrected chi connectivity index (χ1v) is 6.78. The molecule has 0 saturated carbocycles. The van der Waals surface area contributed by atoms with Crippen LogP contribution in [-0.2, 0) is 6.37 Å². The van der Waals surface area contributed by atoms with Gasteiger partial charge in [0, 0.05) is 40.9 Å². The van der Waals surface area contributed by atoms with E-state index in [1.807, 2.05) is 0 Å². The second-order valence-corrected chi connectivity index (χ2v) is 5.23. The van der Waals surface area contributed by atoms with Gasteiger partial charge in [-0.05, 0) is 53.7 Å². The van der Waals surface area contributed by atoms with Crippen molar-refractivity contribution in [2.45, 2.75) is 51.8 Å². The number of hydrogen-bond acceptors (Lipinski definition) is 4. The zero-order valence-electron chi connectivity index (χ0n) is 35.8. The third kappa shape index (κ3) is 3.40. The third-order valence-electron chi connectivity index (χ3n) is 3.20. The molecular weight excluding hydrogens is 302 g/mol. The molecular formula is C20H31NO3. The van der Waals surface area contributed by atoms with Crippen molar-refractivity contribution >= 4 is 0 Å². The van der Waals surface area contributed by atoms with Gasteiger partial charge in [-0.2, -0.15) is 0 Å². The van der Waals surface area contributed by atoms with E-state index in [-0.39, 0.29) is 0 Å². The highest BCUT2D eigenvalue weighted by molar-refractivity contribution is 5.49. The molecule has 1 fully saturated rings. The zero-order valence-corrected chi connectivity index (χ0v) is 12.8. The Hall–Kier alpha value is -1.26.